The van der Waals surface area contributed by atoms with Gasteiger partial charge in [0.05, 0.1) is 15.6 Å². The van der Waals surface area contributed by atoms with Crippen LogP contribution in [0.1, 0.15) is 21.7 Å². The number of nitrogens with zero attached hydrogens (tertiary/aromatic N) is 2. The summed E-state index contributed by atoms with van der Waals surface area (Å²) in [6.45, 7) is 3.04. The van der Waals surface area contributed by atoms with Gasteiger partial charge >= 0.3 is 5.97 Å². The maximum atomic E-state index is 13.2. The summed E-state index contributed by atoms with van der Waals surface area (Å²) in [7, 11) is 0. The number of rotatable bonds is 5. The van der Waals surface area contributed by atoms with Crippen LogP contribution in [0.5, 0.6) is 0 Å². The van der Waals surface area contributed by atoms with E-state index in [4.69, 9.17) is 27.9 Å². The molecule has 1 aromatic carbocycles. The fraction of sp³-hybridized carbons (Fsp3) is 0.150. The SMILES string of the molecule is Cc1cc(C(=O)OCC(=O)Nc2ncc(Cl)cc2Cl)c(C)n1-c1ccc(F)cc1. The molecule has 6 nitrogen and oxygen atoms in total. The van der Waals surface area contributed by atoms with Crippen LogP contribution in [0.3, 0.4) is 0 Å². The van der Waals surface area contributed by atoms with Gasteiger partial charge < -0.3 is 14.6 Å². The van der Waals surface area contributed by atoms with Gasteiger partial charge in [0.1, 0.15) is 5.82 Å². The van der Waals surface area contributed by atoms with Gasteiger partial charge in [0, 0.05) is 23.3 Å². The second-order valence-electron chi connectivity index (χ2n) is 6.20. The lowest BCUT2D eigenvalue weighted by atomic mass is 10.2. The summed E-state index contributed by atoms with van der Waals surface area (Å²) in [5.74, 6) is -1.48. The average Bonchev–Trinajstić information content (AvgIpc) is 2.97. The number of halogens is 3. The molecule has 0 spiro atoms. The van der Waals surface area contributed by atoms with Gasteiger partial charge in [-0.1, -0.05) is 23.2 Å². The van der Waals surface area contributed by atoms with Gasteiger partial charge in [-0.15, -0.1) is 0 Å². The Morgan fingerprint density at radius 1 is 1.17 bits per heavy atom. The van der Waals surface area contributed by atoms with Gasteiger partial charge in [-0.3, -0.25) is 4.79 Å². The molecule has 2 aromatic heterocycles. The van der Waals surface area contributed by atoms with Crippen LogP contribution >= 0.6 is 23.2 Å². The Hall–Kier alpha value is -2.90. The second-order valence-corrected chi connectivity index (χ2v) is 7.05. The van der Waals surface area contributed by atoms with Gasteiger partial charge in [-0.25, -0.2) is 14.2 Å². The number of carbonyl (C=O) groups excluding carboxylic acids is 2. The molecule has 0 saturated carbocycles. The number of benzene rings is 1. The molecular weight excluding hydrogens is 420 g/mol. The average molecular weight is 436 g/mol. The van der Waals surface area contributed by atoms with Crippen molar-refractivity contribution in [2.75, 3.05) is 11.9 Å². The van der Waals surface area contributed by atoms with Crippen molar-refractivity contribution in [1.29, 1.82) is 0 Å². The number of aryl methyl sites for hydroxylation is 1. The number of ether oxygens (including phenoxy) is 1. The maximum Gasteiger partial charge on any atom is 0.340 e. The molecule has 0 atom stereocenters. The molecule has 0 aliphatic rings. The minimum Gasteiger partial charge on any atom is -0.452 e. The Labute approximate surface area is 176 Å². The standard InChI is InChI=1S/C20H16Cl2FN3O3/c1-11-7-16(12(2)26(11)15-5-3-14(23)4-6-15)20(28)29-10-18(27)25-19-17(22)8-13(21)9-24-19/h3-9H,10H2,1-2H3,(H,24,25,27). The highest BCUT2D eigenvalue weighted by atomic mass is 35.5. The molecular formula is C20H16Cl2FN3O3. The predicted molar refractivity (Wildman–Crippen MR) is 108 cm³/mol. The van der Waals surface area contributed by atoms with Crippen LogP contribution in [-0.2, 0) is 9.53 Å². The first-order chi connectivity index (χ1) is 13.8. The van der Waals surface area contributed by atoms with Crippen LogP contribution in [0.15, 0.2) is 42.6 Å². The quantitative estimate of drug-likeness (QED) is 0.587. The molecule has 0 saturated heterocycles. The topological polar surface area (TPSA) is 73.2 Å². The van der Waals surface area contributed by atoms with Crippen LogP contribution in [0.25, 0.3) is 5.69 Å². The van der Waals surface area contributed by atoms with Crippen molar-refractivity contribution >= 4 is 40.9 Å². The molecule has 0 aliphatic heterocycles. The van der Waals surface area contributed by atoms with E-state index < -0.39 is 18.5 Å². The van der Waals surface area contributed by atoms with Gasteiger partial charge in [0.15, 0.2) is 12.4 Å². The zero-order valence-electron chi connectivity index (χ0n) is 15.5. The van der Waals surface area contributed by atoms with Crippen molar-refractivity contribution in [2.45, 2.75) is 13.8 Å². The Balaban J connectivity index is 1.69. The molecule has 29 heavy (non-hydrogen) atoms. The third-order valence-corrected chi connectivity index (χ3v) is 4.63. The monoisotopic (exact) mass is 435 g/mol. The highest BCUT2D eigenvalue weighted by molar-refractivity contribution is 6.36. The number of carbonyl (C=O) groups is 2. The van der Waals surface area contributed by atoms with Crippen LogP contribution in [-0.4, -0.2) is 28.0 Å². The van der Waals surface area contributed by atoms with Crippen molar-refractivity contribution in [1.82, 2.24) is 9.55 Å². The summed E-state index contributed by atoms with van der Waals surface area (Å²) in [6, 6.07) is 8.99. The van der Waals surface area contributed by atoms with Crippen molar-refractivity contribution < 1.29 is 18.7 Å². The molecule has 3 rings (SSSR count). The number of hydrogen-bond donors (Lipinski definition) is 1. The molecule has 3 aromatic rings. The molecule has 1 N–H and O–H groups in total. The number of aromatic nitrogens is 2. The number of nitrogens with one attached hydrogen (secondary N) is 1. The molecule has 0 unspecified atom stereocenters. The summed E-state index contributed by atoms with van der Waals surface area (Å²) >= 11 is 11.7. The molecule has 9 heteroatoms. The third-order valence-electron chi connectivity index (χ3n) is 4.14. The zero-order chi connectivity index (χ0) is 21.1. The summed E-state index contributed by atoms with van der Waals surface area (Å²) in [5, 5.41) is 2.94. The molecule has 0 fully saturated rings. The van der Waals surface area contributed by atoms with Gasteiger partial charge in [0.2, 0.25) is 0 Å². The zero-order valence-corrected chi connectivity index (χ0v) is 17.0. The number of pyridine rings is 1. The number of esters is 1. The van der Waals surface area contributed by atoms with Crippen molar-refractivity contribution in [3.63, 3.8) is 0 Å². The third kappa shape index (κ3) is 4.75. The first-order valence-corrected chi connectivity index (χ1v) is 9.24. The normalized spacial score (nSPS) is 10.7. The van der Waals surface area contributed by atoms with E-state index in [1.807, 2.05) is 6.92 Å². The fourth-order valence-corrected chi connectivity index (χ4v) is 3.27. The van der Waals surface area contributed by atoms with Crippen LogP contribution in [0, 0.1) is 19.7 Å². The second kappa shape index (κ2) is 8.63. The van der Waals surface area contributed by atoms with E-state index in [1.165, 1.54) is 24.4 Å². The predicted octanol–water partition coefficient (Wildman–Crippen LogP) is 4.73. The highest BCUT2D eigenvalue weighted by Gasteiger charge is 2.19. The summed E-state index contributed by atoms with van der Waals surface area (Å²) in [6.07, 6.45) is 1.33. The van der Waals surface area contributed by atoms with E-state index in [2.05, 4.69) is 10.3 Å². The van der Waals surface area contributed by atoms with E-state index in [0.717, 1.165) is 5.69 Å². The molecule has 0 aliphatic carbocycles. The smallest absolute Gasteiger partial charge is 0.340 e. The van der Waals surface area contributed by atoms with Crippen molar-refractivity contribution in [3.8, 4) is 5.69 Å². The lowest BCUT2D eigenvalue weighted by molar-refractivity contribution is -0.119. The summed E-state index contributed by atoms with van der Waals surface area (Å²) in [5.41, 5.74) is 2.40. The van der Waals surface area contributed by atoms with E-state index in [1.54, 1.807) is 29.7 Å². The largest absolute Gasteiger partial charge is 0.452 e. The Morgan fingerprint density at radius 2 is 1.86 bits per heavy atom. The van der Waals surface area contributed by atoms with Gasteiger partial charge in [-0.05, 0) is 50.2 Å². The van der Waals surface area contributed by atoms with Crippen molar-refractivity contribution in [2.24, 2.45) is 0 Å². The van der Waals surface area contributed by atoms with Crippen LogP contribution in [0.4, 0.5) is 10.2 Å². The number of anilines is 1. The molecule has 0 bridgehead atoms. The number of hydrogen-bond acceptors (Lipinski definition) is 4. The fourth-order valence-electron chi connectivity index (χ4n) is 2.84. The maximum absolute atomic E-state index is 13.2. The molecule has 1 amide bonds. The van der Waals surface area contributed by atoms with Crippen molar-refractivity contribution in [3.05, 3.63) is 75.4 Å². The van der Waals surface area contributed by atoms with E-state index in [0.29, 0.717) is 22.0 Å². The van der Waals surface area contributed by atoms with E-state index in [9.17, 15) is 14.0 Å². The molecule has 0 radical (unpaired) electrons. The lowest BCUT2D eigenvalue weighted by Gasteiger charge is -2.10. The minimum atomic E-state index is -0.656. The van der Waals surface area contributed by atoms with E-state index in [-0.39, 0.29) is 16.7 Å². The molecule has 150 valence electrons. The first-order valence-electron chi connectivity index (χ1n) is 8.49. The van der Waals surface area contributed by atoms with Crippen LogP contribution in [0.2, 0.25) is 10.0 Å². The van der Waals surface area contributed by atoms with Gasteiger partial charge in [0.25, 0.3) is 5.91 Å². The molecule has 2 heterocycles. The Morgan fingerprint density at radius 3 is 2.52 bits per heavy atom. The summed E-state index contributed by atoms with van der Waals surface area (Å²) in [4.78, 5) is 28.4. The van der Waals surface area contributed by atoms with Gasteiger partial charge in [-0.2, -0.15) is 0 Å². The van der Waals surface area contributed by atoms with E-state index >= 15 is 0 Å². The highest BCUT2D eigenvalue weighted by Crippen LogP contribution is 2.23. The van der Waals surface area contributed by atoms with Crippen LogP contribution < -0.4 is 5.32 Å². The first kappa shape index (κ1) is 20.8. The Kier molecular flexibility index (Phi) is 6.20. The number of amides is 1. The Bertz CT molecular complexity index is 1080. The lowest BCUT2D eigenvalue weighted by Crippen LogP contribution is -2.21. The minimum absolute atomic E-state index is 0.117. The summed E-state index contributed by atoms with van der Waals surface area (Å²) < 4.78 is 20.1.